The van der Waals surface area contributed by atoms with Crippen molar-refractivity contribution in [2.45, 2.75) is 81.6 Å². The molecule has 0 aromatic heterocycles. The normalized spacial score (nSPS) is 22.3. The molecule has 2 aromatic carbocycles. The van der Waals surface area contributed by atoms with Crippen molar-refractivity contribution in [3.05, 3.63) is 58.7 Å². The number of nitrogens with zero attached hydrogens (tertiary/aromatic N) is 2. The van der Waals surface area contributed by atoms with Gasteiger partial charge in [0.1, 0.15) is 25.2 Å². The number of aliphatic carboxylic acids is 1. The van der Waals surface area contributed by atoms with E-state index in [-0.39, 0.29) is 29.7 Å². The molecule has 1 heterocycles. The van der Waals surface area contributed by atoms with Gasteiger partial charge in [0.15, 0.2) is 6.67 Å². The summed E-state index contributed by atoms with van der Waals surface area (Å²) in [6, 6.07) is 2.30. The number of amides is 2. The molecule has 0 bridgehead atoms. The second-order valence-corrected chi connectivity index (χ2v) is 13.2. The van der Waals surface area contributed by atoms with Gasteiger partial charge in [-0.2, -0.15) is 30.7 Å². The minimum absolute atomic E-state index is 0.0240. The van der Waals surface area contributed by atoms with Crippen molar-refractivity contribution in [2.75, 3.05) is 32.0 Å². The molecule has 53 heavy (non-hydrogen) atoms. The van der Waals surface area contributed by atoms with Gasteiger partial charge in [-0.3, -0.25) is 14.5 Å². The number of hydrogen-bond donors (Lipinski definition) is 1. The van der Waals surface area contributed by atoms with Crippen molar-refractivity contribution in [2.24, 2.45) is 11.8 Å². The number of benzene rings is 2. The highest BCUT2D eigenvalue weighted by Gasteiger charge is 2.57. The number of alkyl halides is 11. The first-order chi connectivity index (χ1) is 24.6. The van der Waals surface area contributed by atoms with E-state index >= 15 is 4.39 Å². The van der Waals surface area contributed by atoms with Crippen LogP contribution in [0, 0.1) is 11.8 Å². The van der Waals surface area contributed by atoms with Crippen molar-refractivity contribution in [3.63, 3.8) is 0 Å². The van der Waals surface area contributed by atoms with Gasteiger partial charge in [-0.15, -0.1) is 0 Å². The molecule has 4 rings (SSSR count). The summed E-state index contributed by atoms with van der Waals surface area (Å²) in [6.07, 6.45) is -12.0. The summed E-state index contributed by atoms with van der Waals surface area (Å²) in [5.74, 6) is -7.19. The Bertz CT molecular complexity index is 1630. The predicted octanol–water partition coefficient (Wildman–Crippen LogP) is 8.71. The molecular formula is C34H35F11N2O6. The minimum Gasteiger partial charge on any atom is -0.481 e. The van der Waals surface area contributed by atoms with E-state index in [4.69, 9.17) is 14.6 Å². The molecule has 2 aromatic rings. The van der Waals surface area contributed by atoms with E-state index in [9.17, 15) is 58.3 Å². The Kier molecular flexibility index (Phi) is 12.2. The zero-order chi connectivity index (χ0) is 39.7. The monoisotopic (exact) mass is 776 g/mol. The van der Waals surface area contributed by atoms with Crippen LogP contribution in [-0.4, -0.2) is 72.6 Å². The Hall–Kier alpha value is -4.32. The maximum atomic E-state index is 15.3. The second-order valence-electron chi connectivity index (χ2n) is 13.2. The molecule has 2 amide bonds. The molecular weight excluding hydrogens is 741 g/mol. The summed E-state index contributed by atoms with van der Waals surface area (Å²) in [7, 11) is 1.31. The van der Waals surface area contributed by atoms with Gasteiger partial charge in [-0.25, -0.2) is 22.4 Å². The van der Waals surface area contributed by atoms with Crippen LogP contribution in [0.3, 0.4) is 0 Å². The number of halogens is 11. The lowest BCUT2D eigenvalue weighted by molar-refractivity contribution is -0.197. The van der Waals surface area contributed by atoms with Crippen molar-refractivity contribution < 1.29 is 77.3 Å². The molecule has 294 valence electrons. The molecule has 1 saturated carbocycles. The van der Waals surface area contributed by atoms with Crippen LogP contribution in [0.5, 0.6) is 5.75 Å². The maximum absolute atomic E-state index is 15.3. The van der Waals surface area contributed by atoms with E-state index in [1.54, 1.807) is 0 Å². The van der Waals surface area contributed by atoms with E-state index in [1.807, 2.05) is 0 Å². The highest BCUT2D eigenvalue weighted by Crippen LogP contribution is 2.43. The lowest BCUT2D eigenvalue weighted by Gasteiger charge is -2.34. The van der Waals surface area contributed by atoms with Crippen LogP contribution in [0.2, 0.25) is 0 Å². The van der Waals surface area contributed by atoms with Crippen molar-refractivity contribution in [1.82, 2.24) is 4.90 Å². The van der Waals surface area contributed by atoms with Crippen LogP contribution in [0.25, 0.3) is 0 Å². The molecule has 0 spiro atoms. The fraction of sp³-hybridized carbons (Fsp3) is 0.559. The third kappa shape index (κ3) is 8.91. The minimum atomic E-state index is -5.21. The van der Waals surface area contributed by atoms with E-state index < -0.39 is 109 Å². The van der Waals surface area contributed by atoms with Gasteiger partial charge in [-0.05, 0) is 86.1 Å². The smallest absolute Gasteiger partial charge is 0.416 e. The standard InChI is InChI=1S/C34H35F11N2O6/c1-18-28(21-10-23(33(40,41)42)13-24(11-21)34(43,44)45)52-30(51)47(18)14-22-12-25(53-32(39,17-37)31(38,15-35)16-36)7-8-26(22)46(2)29(50)20-5-3-19(4-6-20)9-27(48)49/h7-8,10-13,18-20,28H,3-6,9,14-17H2,1-2H3,(H,48,49)/t18-,19?,20?,28-,32?/m0/s1. The zero-order valence-corrected chi connectivity index (χ0v) is 28.2. The van der Waals surface area contributed by atoms with Crippen molar-refractivity contribution >= 4 is 23.7 Å². The first-order valence-electron chi connectivity index (χ1n) is 16.2. The van der Waals surface area contributed by atoms with Crippen LogP contribution in [0.4, 0.5) is 58.8 Å². The third-order valence-corrected chi connectivity index (χ3v) is 9.62. The van der Waals surface area contributed by atoms with Crippen molar-refractivity contribution in [1.29, 1.82) is 0 Å². The van der Waals surface area contributed by atoms with Crippen LogP contribution < -0.4 is 9.64 Å². The predicted molar refractivity (Wildman–Crippen MR) is 164 cm³/mol. The second kappa shape index (κ2) is 15.6. The number of rotatable bonds is 13. The van der Waals surface area contributed by atoms with Crippen LogP contribution >= 0.6 is 0 Å². The molecule has 1 unspecified atom stereocenters. The SMILES string of the molecule is C[C@H]1[C@@H](c2cc(C(F)(F)F)cc(C(F)(F)F)c2)OC(=O)N1Cc1cc(OC(F)(CF)C(F)(CF)CF)ccc1N(C)C(=O)C1CCC(CC(=O)O)CC1. The Morgan fingerprint density at radius 2 is 1.45 bits per heavy atom. The molecule has 1 N–H and O–H groups in total. The van der Waals surface area contributed by atoms with Crippen LogP contribution in [0.1, 0.15) is 67.4 Å². The topological polar surface area (TPSA) is 96.4 Å². The highest BCUT2D eigenvalue weighted by atomic mass is 19.4. The number of hydrogen-bond acceptors (Lipinski definition) is 5. The molecule has 0 radical (unpaired) electrons. The van der Waals surface area contributed by atoms with Crippen LogP contribution in [0.15, 0.2) is 36.4 Å². The maximum Gasteiger partial charge on any atom is 0.416 e. The first kappa shape index (κ1) is 41.4. The lowest BCUT2D eigenvalue weighted by Crippen LogP contribution is -2.56. The number of carbonyl (C=O) groups is 3. The number of carboxylic acids is 1. The van der Waals surface area contributed by atoms with Gasteiger partial charge in [0.05, 0.1) is 23.7 Å². The molecule has 3 atom stereocenters. The summed E-state index contributed by atoms with van der Waals surface area (Å²) in [6.45, 7) is -6.43. The van der Waals surface area contributed by atoms with E-state index in [0.717, 1.165) is 28.0 Å². The van der Waals surface area contributed by atoms with Gasteiger partial charge >= 0.3 is 30.3 Å². The highest BCUT2D eigenvalue weighted by molar-refractivity contribution is 5.95. The van der Waals surface area contributed by atoms with E-state index in [1.165, 1.54) is 14.0 Å². The summed E-state index contributed by atoms with van der Waals surface area (Å²) in [5.41, 5.74) is -8.24. The number of ether oxygens (including phenoxy) is 2. The lowest BCUT2D eigenvalue weighted by atomic mass is 9.80. The summed E-state index contributed by atoms with van der Waals surface area (Å²) in [5, 5.41) is 9.10. The largest absolute Gasteiger partial charge is 0.481 e. The Morgan fingerprint density at radius 3 is 1.94 bits per heavy atom. The van der Waals surface area contributed by atoms with Crippen molar-refractivity contribution in [3.8, 4) is 5.75 Å². The molecule has 1 aliphatic carbocycles. The molecule has 19 heteroatoms. The molecule has 1 saturated heterocycles. The molecule has 8 nitrogen and oxygen atoms in total. The van der Waals surface area contributed by atoms with Gasteiger partial charge in [0.2, 0.25) is 11.6 Å². The number of anilines is 1. The number of cyclic esters (lactones) is 1. The number of carbonyl (C=O) groups excluding carboxylic acids is 2. The van der Waals surface area contributed by atoms with Gasteiger partial charge in [-0.1, -0.05) is 0 Å². The van der Waals surface area contributed by atoms with Gasteiger partial charge in [0.25, 0.3) is 0 Å². The van der Waals surface area contributed by atoms with E-state index in [0.29, 0.717) is 37.8 Å². The Labute approximate surface area is 295 Å². The molecule has 1 aliphatic heterocycles. The molecule has 2 fully saturated rings. The summed E-state index contributed by atoms with van der Waals surface area (Å²) < 4.78 is 162. The summed E-state index contributed by atoms with van der Waals surface area (Å²) in [4.78, 5) is 39.9. The average molecular weight is 777 g/mol. The van der Waals surface area contributed by atoms with E-state index in [2.05, 4.69) is 0 Å². The number of carboxylic acid groups (broad SMARTS) is 1. The fourth-order valence-electron chi connectivity index (χ4n) is 6.48. The third-order valence-electron chi connectivity index (χ3n) is 9.62. The Morgan fingerprint density at radius 1 is 0.887 bits per heavy atom. The Balaban J connectivity index is 1.71. The quantitative estimate of drug-likeness (QED) is 0.205. The average Bonchev–Trinajstić information content (AvgIpc) is 3.38. The zero-order valence-electron chi connectivity index (χ0n) is 28.2. The first-order valence-corrected chi connectivity index (χ1v) is 16.2. The van der Waals surface area contributed by atoms with Gasteiger partial charge < -0.3 is 19.5 Å². The summed E-state index contributed by atoms with van der Waals surface area (Å²) >= 11 is 0. The fourth-order valence-corrected chi connectivity index (χ4v) is 6.48. The van der Waals surface area contributed by atoms with Crippen LogP contribution in [-0.2, 0) is 33.2 Å². The van der Waals surface area contributed by atoms with Gasteiger partial charge in [0, 0.05) is 25.1 Å². The molecule has 2 aliphatic rings.